The van der Waals surface area contributed by atoms with E-state index in [-0.39, 0.29) is 5.56 Å². The Balaban J connectivity index is 1.51. The zero-order valence-corrected chi connectivity index (χ0v) is 18.5. The van der Waals surface area contributed by atoms with Crippen LogP contribution in [0.1, 0.15) is 58.8 Å². The molecule has 0 aliphatic heterocycles. The first-order valence-corrected chi connectivity index (χ1v) is 11.0. The molecule has 3 N–H and O–H groups in total. The van der Waals surface area contributed by atoms with Crippen molar-refractivity contribution in [3.8, 4) is 0 Å². The van der Waals surface area contributed by atoms with Gasteiger partial charge in [0.25, 0.3) is 0 Å². The van der Waals surface area contributed by atoms with Crippen LogP contribution in [0.3, 0.4) is 0 Å². The summed E-state index contributed by atoms with van der Waals surface area (Å²) in [7, 11) is 2.05. The van der Waals surface area contributed by atoms with E-state index in [0.29, 0.717) is 18.2 Å². The number of nitrogens with one attached hydrogen (secondary N) is 1. The van der Waals surface area contributed by atoms with Gasteiger partial charge in [0.2, 0.25) is 0 Å². The average Bonchev–Trinajstić information content (AvgIpc) is 2.82. The Labute approximate surface area is 188 Å². The number of aryl methyl sites for hydroxylation is 1. The third-order valence-electron chi connectivity index (χ3n) is 6.31. The highest BCUT2D eigenvalue weighted by Crippen LogP contribution is 2.35. The number of aromatic carboxylic acids is 1. The number of nitrogens with zero attached hydrogens (tertiary/aromatic N) is 2. The van der Waals surface area contributed by atoms with E-state index in [2.05, 4.69) is 40.4 Å². The fraction of sp³-hybridized carbons (Fsp3) is 0.308. The molecule has 1 aliphatic carbocycles. The van der Waals surface area contributed by atoms with Crippen LogP contribution in [0.5, 0.6) is 0 Å². The monoisotopic (exact) mass is 431 g/mol. The number of rotatable bonds is 7. The zero-order chi connectivity index (χ0) is 22.7. The normalized spacial score (nSPS) is 16.2. The minimum atomic E-state index is -0.951. The lowest BCUT2D eigenvalue weighted by Crippen LogP contribution is -2.20. The first-order valence-electron chi connectivity index (χ1n) is 11.0. The lowest BCUT2D eigenvalue weighted by Gasteiger charge is -2.28. The van der Waals surface area contributed by atoms with E-state index in [4.69, 9.17) is 0 Å². The van der Waals surface area contributed by atoms with Crippen molar-refractivity contribution < 1.29 is 15.0 Å². The second kappa shape index (κ2) is 9.40. The molecule has 0 radical (unpaired) electrons. The van der Waals surface area contributed by atoms with Gasteiger partial charge in [0.1, 0.15) is 0 Å². The number of hydrogen-bond donors (Lipinski definition) is 3. The number of carboxylic acids is 1. The number of fused-ring (bicyclic) bond motifs is 1. The van der Waals surface area contributed by atoms with Crippen LogP contribution in [0, 0.1) is 0 Å². The number of aromatic nitrogens is 1. The van der Waals surface area contributed by atoms with Crippen molar-refractivity contribution in [3.05, 3.63) is 83.2 Å². The Hall–Kier alpha value is -3.38. The van der Waals surface area contributed by atoms with E-state index in [1.165, 1.54) is 23.4 Å². The number of hydrogen-bond acceptors (Lipinski definition) is 5. The van der Waals surface area contributed by atoms with E-state index < -0.39 is 12.1 Å². The molecule has 1 aliphatic rings. The van der Waals surface area contributed by atoms with Crippen LogP contribution < -0.4 is 10.2 Å². The SMILES string of the molecule is C[C@@H](O)c1ccc(N(C)c2ccc3c(c2)CCCC3CNc2cnccc2C(=O)O)cc1. The van der Waals surface area contributed by atoms with Crippen molar-refractivity contribution in [1.82, 2.24) is 4.98 Å². The summed E-state index contributed by atoms with van der Waals surface area (Å²) in [5, 5.41) is 22.4. The molecule has 4 rings (SSSR count). The number of aliphatic hydroxyl groups is 1. The van der Waals surface area contributed by atoms with E-state index in [1.54, 1.807) is 13.1 Å². The highest BCUT2D eigenvalue weighted by Gasteiger charge is 2.22. The predicted molar refractivity (Wildman–Crippen MR) is 127 cm³/mol. The summed E-state index contributed by atoms with van der Waals surface area (Å²) < 4.78 is 0. The smallest absolute Gasteiger partial charge is 0.337 e. The number of anilines is 3. The number of benzene rings is 2. The Morgan fingerprint density at radius 1 is 1.19 bits per heavy atom. The molecule has 0 saturated carbocycles. The molecule has 1 heterocycles. The lowest BCUT2D eigenvalue weighted by molar-refractivity contribution is 0.0697. The van der Waals surface area contributed by atoms with Gasteiger partial charge in [0.15, 0.2) is 0 Å². The van der Waals surface area contributed by atoms with Crippen LogP contribution in [-0.4, -0.2) is 34.8 Å². The van der Waals surface area contributed by atoms with E-state index in [0.717, 1.165) is 36.2 Å². The van der Waals surface area contributed by atoms with Crippen LogP contribution in [0.25, 0.3) is 0 Å². The molecular weight excluding hydrogens is 402 g/mol. The molecule has 6 nitrogen and oxygen atoms in total. The Bertz CT molecular complexity index is 1100. The summed E-state index contributed by atoms with van der Waals surface area (Å²) in [5.74, 6) is -0.626. The third kappa shape index (κ3) is 4.60. The third-order valence-corrected chi connectivity index (χ3v) is 6.31. The van der Waals surface area contributed by atoms with Crippen LogP contribution in [0.15, 0.2) is 60.9 Å². The highest BCUT2D eigenvalue weighted by atomic mass is 16.4. The van der Waals surface area contributed by atoms with Gasteiger partial charge < -0.3 is 20.4 Å². The predicted octanol–water partition coefficient (Wildman–Crippen LogP) is 5.13. The van der Waals surface area contributed by atoms with Crippen molar-refractivity contribution >= 4 is 23.0 Å². The molecule has 0 amide bonds. The fourth-order valence-corrected chi connectivity index (χ4v) is 4.40. The summed E-state index contributed by atoms with van der Waals surface area (Å²) in [5.41, 5.74) is 6.58. The fourth-order valence-electron chi connectivity index (χ4n) is 4.40. The van der Waals surface area contributed by atoms with Gasteiger partial charge in [-0.25, -0.2) is 4.79 Å². The van der Waals surface area contributed by atoms with Crippen molar-refractivity contribution in [2.45, 2.75) is 38.2 Å². The Kier molecular flexibility index (Phi) is 6.42. The molecule has 0 spiro atoms. The maximum Gasteiger partial charge on any atom is 0.337 e. The number of carboxylic acid groups (broad SMARTS) is 1. The van der Waals surface area contributed by atoms with Gasteiger partial charge >= 0.3 is 5.97 Å². The van der Waals surface area contributed by atoms with Crippen LogP contribution in [0.4, 0.5) is 17.1 Å². The van der Waals surface area contributed by atoms with Gasteiger partial charge in [-0.15, -0.1) is 0 Å². The first kappa shape index (κ1) is 21.8. The van der Waals surface area contributed by atoms with E-state index >= 15 is 0 Å². The van der Waals surface area contributed by atoms with Gasteiger partial charge in [-0.05, 0) is 73.2 Å². The molecule has 0 fully saturated rings. The number of aliphatic hydroxyl groups excluding tert-OH is 1. The molecule has 3 aromatic rings. The highest BCUT2D eigenvalue weighted by molar-refractivity contribution is 5.93. The summed E-state index contributed by atoms with van der Waals surface area (Å²) in [6.45, 7) is 2.44. The minimum absolute atomic E-state index is 0.245. The molecule has 2 aromatic carbocycles. The van der Waals surface area contributed by atoms with Crippen molar-refractivity contribution in [1.29, 1.82) is 0 Å². The van der Waals surface area contributed by atoms with Gasteiger partial charge in [-0.1, -0.05) is 18.2 Å². The van der Waals surface area contributed by atoms with Gasteiger partial charge in [0.05, 0.1) is 23.6 Å². The maximum atomic E-state index is 11.5. The maximum absolute atomic E-state index is 11.5. The van der Waals surface area contributed by atoms with Crippen LogP contribution >= 0.6 is 0 Å². The lowest BCUT2D eigenvalue weighted by atomic mass is 9.82. The molecular formula is C26H29N3O3. The standard InChI is InChI=1S/C26H29N3O3/c1-17(30)18-6-8-21(9-7-18)29(2)22-10-11-23-19(14-22)4-3-5-20(23)15-28-25-16-27-13-12-24(25)26(31)32/h6-14,16-17,20,28,30H,3-5,15H2,1-2H3,(H,31,32)/t17-,20?/m1/s1. The molecule has 2 atom stereocenters. The largest absolute Gasteiger partial charge is 0.478 e. The topological polar surface area (TPSA) is 85.7 Å². The van der Waals surface area contributed by atoms with Crippen LogP contribution in [0.2, 0.25) is 0 Å². The molecule has 166 valence electrons. The molecule has 0 bridgehead atoms. The average molecular weight is 432 g/mol. The van der Waals surface area contributed by atoms with E-state index in [1.807, 2.05) is 24.3 Å². The summed E-state index contributed by atoms with van der Waals surface area (Å²) in [6, 6.07) is 16.1. The molecule has 0 saturated heterocycles. The quantitative estimate of drug-likeness (QED) is 0.481. The van der Waals surface area contributed by atoms with Crippen molar-refractivity contribution in [3.63, 3.8) is 0 Å². The molecule has 6 heteroatoms. The minimum Gasteiger partial charge on any atom is -0.478 e. The summed E-state index contributed by atoms with van der Waals surface area (Å²) >= 11 is 0. The van der Waals surface area contributed by atoms with Crippen LogP contribution in [-0.2, 0) is 6.42 Å². The number of pyridine rings is 1. The second-order valence-electron chi connectivity index (χ2n) is 8.41. The second-order valence-corrected chi connectivity index (χ2v) is 8.41. The Morgan fingerprint density at radius 2 is 1.94 bits per heavy atom. The Morgan fingerprint density at radius 3 is 2.66 bits per heavy atom. The summed E-state index contributed by atoms with van der Waals surface area (Å²) in [4.78, 5) is 17.7. The molecule has 32 heavy (non-hydrogen) atoms. The molecule has 1 unspecified atom stereocenters. The first-order chi connectivity index (χ1) is 15.4. The zero-order valence-electron chi connectivity index (χ0n) is 18.5. The van der Waals surface area contributed by atoms with Gasteiger partial charge in [-0.2, -0.15) is 0 Å². The van der Waals surface area contributed by atoms with Gasteiger partial charge in [0, 0.05) is 37.1 Å². The summed E-state index contributed by atoms with van der Waals surface area (Å²) in [6.07, 6.45) is 5.82. The molecule has 1 aromatic heterocycles. The van der Waals surface area contributed by atoms with Crippen molar-refractivity contribution in [2.75, 3.05) is 23.8 Å². The van der Waals surface area contributed by atoms with E-state index in [9.17, 15) is 15.0 Å². The van der Waals surface area contributed by atoms with Crippen molar-refractivity contribution in [2.24, 2.45) is 0 Å². The van der Waals surface area contributed by atoms with Gasteiger partial charge in [-0.3, -0.25) is 4.98 Å². The number of carbonyl (C=O) groups is 1.